The second-order valence-electron chi connectivity index (χ2n) is 8.37. The van der Waals surface area contributed by atoms with Gasteiger partial charge in [-0.05, 0) is 56.3 Å². The van der Waals surface area contributed by atoms with Crippen LogP contribution in [-0.4, -0.2) is 61.0 Å². The second-order valence-corrected chi connectivity index (χ2v) is 8.37. The standard InChI is InChI=1S/C24H29FN4O/c1-16-17(2)26-23-21(16)13-19(24(30)29-11-9-27(3)10-12-29)14-22(23)28(4)15-18-5-7-20(25)8-6-18/h5-8,13-14,26H,9-12,15H2,1-4H3. The lowest BCUT2D eigenvalue weighted by atomic mass is 10.0. The highest BCUT2D eigenvalue weighted by molar-refractivity contribution is 6.04. The summed E-state index contributed by atoms with van der Waals surface area (Å²) in [5, 5.41) is 1.08. The number of benzene rings is 2. The molecule has 1 aliphatic rings. The normalized spacial score (nSPS) is 15.0. The first-order valence-electron chi connectivity index (χ1n) is 10.4. The van der Waals surface area contributed by atoms with Crippen molar-refractivity contribution >= 4 is 22.5 Å². The molecule has 0 bridgehead atoms. The summed E-state index contributed by atoms with van der Waals surface area (Å²) in [5.74, 6) is -0.154. The zero-order valence-electron chi connectivity index (χ0n) is 18.1. The fourth-order valence-corrected chi connectivity index (χ4v) is 4.10. The van der Waals surface area contributed by atoms with Crippen molar-refractivity contribution in [2.45, 2.75) is 20.4 Å². The Hall–Kier alpha value is -2.86. The van der Waals surface area contributed by atoms with Crippen LogP contribution < -0.4 is 4.90 Å². The van der Waals surface area contributed by atoms with E-state index in [9.17, 15) is 9.18 Å². The molecule has 0 unspecified atom stereocenters. The van der Waals surface area contributed by atoms with E-state index in [1.54, 1.807) is 12.1 Å². The van der Waals surface area contributed by atoms with Crippen LogP contribution in [0.25, 0.3) is 10.9 Å². The first kappa shape index (κ1) is 20.4. The molecule has 2 aromatic carbocycles. The fourth-order valence-electron chi connectivity index (χ4n) is 4.10. The summed E-state index contributed by atoms with van der Waals surface area (Å²) in [4.78, 5) is 23.1. The number of amides is 1. The molecule has 4 rings (SSSR count). The number of fused-ring (bicyclic) bond motifs is 1. The summed E-state index contributed by atoms with van der Waals surface area (Å²) in [5.41, 5.74) is 6.01. The van der Waals surface area contributed by atoms with Gasteiger partial charge in [0, 0.05) is 56.4 Å². The van der Waals surface area contributed by atoms with E-state index in [4.69, 9.17) is 0 Å². The second kappa shape index (κ2) is 8.11. The van der Waals surface area contributed by atoms with Crippen molar-refractivity contribution in [1.29, 1.82) is 0 Å². The number of nitrogens with zero attached hydrogens (tertiary/aromatic N) is 3. The van der Waals surface area contributed by atoms with Gasteiger partial charge in [-0.15, -0.1) is 0 Å². The number of anilines is 1. The van der Waals surface area contributed by atoms with Crippen LogP contribution in [0, 0.1) is 19.7 Å². The Bertz CT molecular complexity index is 1060. The van der Waals surface area contributed by atoms with Gasteiger partial charge in [0.05, 0.1) is 11.2 Å². The van der Waals surface area contributed by atoms with Gasteiger partial charge in [-0.2, -0.15) is 0 Å². The molecule has 0 atom stereocenters. The van der Waals surface area contributed by atoms with E-state index in [2.05, 4.69) is 35.7 Å². The van der Waals surface area contributed by atoms with Crippen molar-refractivity contribution in [2.24, 2.45) is 0 Å². The van der Waals surface area contributed by atoms with Crippen molar-refractivity contribution in [3.8, 4) is 0 Å². The van der Waals surface area contributed by atoms with Crippen LogP contribution in [0.1, 0.15) is 27.2 Å². The number of nitrogens with one attached hydrogen (secondary N) is 1. The monoisotopic (exact) mass is 408 g/mol. The molecule has 5 nitrogen and oxygen atoms in total. The lowest BCUT2D eigenvalue weighted by molar-refractivity contribution is 0.0664. The zero-order chi connectivity index (χ0) is 21.4. The lowest BCUT2D eigenvalue weighted by Gasteiger charge is -2.32. The average Bonchev–Trinajstić information content (AvgIpc) is 3.03. The highest BCUT2D eigenvalue weighted by atomic mass is 19.1. The lowest BCUT2D eigenvalue weighted by Crippen LogP contribution is -2.47. The summed E-state index contributed by atoms with van der Waals surface area (Å²) in [6, 6.07) is 10.6. The molecule has 3 aromatic rings. The Balaban J connectivity index is 1.71. The highest BCUT2D eigenvalue weighted by Gasteiger charge is 2.23. The summed E-state index contributed by atoms with van der Waals surface area (Å²) < 4.78 is 13.3. The molecule has 158 valence electrons. The Morgan fingerprint density at radius 3 is 2.43 bits per heavy atom. The quantitative estimate of drug-likeness (QED) is 0.711. The van der Waals surface area contributed by atoms with E-state index < -0.39 is 0 Å². The number of H-pyrrole nitrogens is 1. The molecule has 0 saturated carbocycles. The van der Waals surface area contributed by atoms with Crippen LogP contribution >= 0.6 is 0 Å². The van der Waals surface area contributed by atoms with Gasteiger partial charge in [0.25, 0.3) is 5.91 Å². The molecule has 0 spiro atoms. The number of likely N-dealkylation sites (N-methyl/N-ethyl adjacent to an activating group) is 1. The number of hydrogen-bond donors (Lipinski definition) is 1. The van der Waals surface area contributed by atoms with E-state index in [1.807, 2.05) is 24.1 Å². The molecule has 0 radical (unpaired) electrons. The number of piperazine rings is 1. The summed E-state index contributed by atoms with van der Waals surface area (Å²) >= 11 is 0. The van der Waals surface area contributed by atoms with Crippen LogP contribution in [-0.2, 0) is 6.54 Å². The Morgan fingerprint density at radius 2 is 1.77 bits per heavy atom. The number of aromatic nitrogens is 1. The molecule has 0 aliphatic carbocycles. The van der Waals surface area contributed by atoms with E-state index in [0.29, 0.717) is 6.54 Å². The molecule has 6 heteroatoms. The van der Waals surface area contributed by atoms with Gasteiger partial charge in [-0.3, -0.25) is 4.79 Å². The summed E-state index contributed by atoms with van der Waals surface area (Å²) in [6.45, 7) is 8.06. The van der Waals surface area contributed by atoms with E-state index >= 15 is 0 Å². The topological polar surface area (TPSA) is 42.6 Å². The minimum absolute atomic E-state index is 0.0830. The van der Waals surface area contributed by atoms with Crippen LogP contribution in [0.2, 0.25) is 0 Å². The first-order valence-corrected chi connectivity index (χ1v) is 10.4. The van der Waals surface area contributed by atoms with Crippen molar-refractivity contribution in [1.82, 2.24) is 14.8 Å². The third-order valence-corrected chi connectivity index (χ3v) is 6.18. The number of halogens is 1. The van der Waals surface area contributed by atoms with Gasteiger partial charge in [0.2, 0.25) is 0 Å². The molecular formula is C24H29FN4O. The first-order chi connectivity index (χ1) is 14.3. The molecule has 1 N–H and O–H groups in total. The SMILES string of the molecule is Cc1[nH]c2c(N(C)Cc3ccc(F)cc3)cc(C(=O)N3CCN(C)CC3)cc2c1C. The Morgan fingerprint density at radius 1 is 1.10 bits per heavy atom. The number of hydrogen-bond acceptors (Lipinski definition) is 3. The fraction of sp³-hybridized carbons (Fsp3) is 0.375. The van der Waals surface area contributed by atoms with Crippen LogP contribution in [0.4, 0.5) is 10.1 Å². The molecule has 1 saturated heterocycles. The predicted molar refractivity (Wildman–Crippen MR) is 120 cm³/mol. The third kappa shape index (κ3) is 3.92. The number of carbonyl (C=O) groups excluding carboxylic acids is 1. The number of carbonyl (C=O) groups is 1. The third-order valence-electron chi connectivity index (χ3n) is 6.18. The molecular weight excluding hydrogens is 379 g/mol. The minimum atomic E-state index is -0.237. The van der Waals surface area contributed by atoms with E-state index in [1.165, 1.54) is 12.1 Å². The predicted octanol–water partition coefficient (Wildman–Crippen LogP) is 3.95. The number of aromatic amines is 1. The molecule has 1 aliphatic heterocycles. The van der Waals surface area contributed by atoms with Crippen molar-refractivity contribution in [2.75, 3.05) is 45.2 Å². The van der Waals surface area contributed by atoms with Crippen molar-refractivity contribution in [3.63, 3.8) is 0 Å². The maximum atomic E-state index is 13.3. The van der Waals surface area contributed by atoms with Crippen LogP contribution in [0.3, 0.4) is 0 Å². The van der Waals surface area contributed by atoms with Crippen LogP contribution in [0.15, 0.2) is 36.4 Å². The van der Waals surface area contributed by atoms with Gasteiger partial charge < -0.3 is 19.7 Å². The molecule has 2 heterocycles. The summed E-state index contributed by atoms with van der Waals surface area (Å²) in [6.07, 6.45) is 0. The Labute approximate surface area is 177 Å². The molecule has 1 aromatic heterocycles. The average molecular weight is 409 g/mol. The molecule has 1 amide bonds. The van der Waals surface area contributed by atoms with E-state index in [0.717, 1.165) is 65.2 Å². The van der Waals surface area contributed by atoms with Gasteiger partial charge in [0.1, 0.15) is 5.82 Å². The van der Waals surface area contributed by atoms with Gasteiger partial charge in [0.15, 0.2) is 0 Å². The molecule has 1 fully saturated rings. The maximum Gasteiger partial charge on any atom is 0.254 e. The van der Waals surface area contributed by atoms with E-state index in [-0.39, 0.29) is 11.7 Å². The summed E-state index contributed by atoms with van der Waals surface area (Å²) in [7, 11) is 4.09. The van der Waals surface area contributed by atoms with Gasteiger partial charge in [-0.25, -0.2) is 4.39 Å². The maximum absolute atomic E-state index is 13.3. The van der Waals surface area contributed by atoms with Crippen molar-refractivity contribution < 1.29 is 9.18 Å². The Kier molecular flexibility index (Phi) is 5.52. The van der Waals surface area contributed by atoms with Gasteiger partial charge in [-0.1, -0.05) is 12.1 Å². The molecule has 30 heavy (non-hydrogen) atoms. The van der Waals surface area contributed by atoms with Gasteiger partial charge >= 0.3 is 0 Å². The highest BCUT2D eigenvalue weighted by Crippen LogP contribution is 2.32. The minimum Gasteiger partial charge on any atom is -0.369 e. The number of rotatable bonds is 4. The smallest absolute Gasteiger partial charge is 0.254 e. The van der Waals surface area contributed by atoms with Crippen LogP contribution in [0.5, 0.6) is 0 Å². The number of aryl methyl sites for hydroxylation is 2. The largest absolute Gasteiger partial charge is 0.369 e. The zero-order valence-corrected chi connectivity index (χ0v) is 18.1. The van der Waals surface area contributed by atoms with Crippen molar-refractivity contribution in [3.05, 3.63) is 64.6 Å².